The lowest BCUT2D eigenvalue weighted by atomic mass is 10.1. The molecule has 6 nitrogen and oxygen atoms in total. The summed E-state index contributed by atoms with van der Waals surface area (Å²) in [5.74, 6) is 1.93. The van der Waals surface area contributed by atoms with Gasteiger partial charge in [-0.15, -0.1) is 0 Å². The smallest absolute Gasteiger partial charge is 0.245 e. The zero-order chi connectivity index (χ0) is 12.3. The van der Waals surface area contributed by atoms with Gasteiger partial charge in [-0.25, -0.2) is 0 Å². The van der Waals surface area contributed by atoms with Crippen molar-refractivity contribution in [3.8, 4) is 0 Å². The molecule has 0 radical (unpaired) electrons. The molecule has 2 N–H and O–H groups in total. The molecule has 1 aliphatic rings. The van der Waals surface area contributed by atoms with Crippen molar-refractivity contribution >= 4 is 5.91 Å². The van der Waals surface area contributed by atoms with Crippen molar-refractivity contribution in [3.63, 3.8) is 0 Å². The van der Waals surface area contributed by atoms with Crippen molar-refractivity contribution < 1.29 is 9.32 Å². The highest BCUT2D eigenvalue weighted by Crippen LogP contribution is 2.13. The topological polar surface area (TPSA) is 80.0 Å². The zero-order valence-corrected chi connectivity index (χ0v) is 10.2. The molecule has 17 heavy (non-hydrogen) atoms. The fourth-order valence-electron chi connectivity index (χ4n) is 1.67. The summed E-state index contributed by atoms with van der Waals surface area (Å²) < 4.78 is 5.20. The van der Waals surface area contributed by atoms with Crippen molar-refractivity contribution in [2.24, 2.45) is 5.92 Å². The average Bonchev–Trinajstić information content (AvgIpc) is 2.76. The summed E-state index contributed by atoms with van der Waals surface area (Å²) in [5, 5.41) is 9.76. The summed E-state index contributed by atoms with van der Waals surface area (Å²) >= 11 is 0. The number of piperazine rings is 1. The molecule has 2 heterocycles. The van der Waals surface area contributed by atoms with E-state index in [0.29, 0.717) is 24.9 Å². The Morgan fingerprint density at radius 1 is 1.53 bits per heavy atom. The van der Waals surface area contributed by atoms with Crippen molar-refractivity contribution in [3.05, 3.63) is 11.7 Å². The van der Waals surface area contributed by atoms with Crippen molar-refractivity contribution in [2.75, 3.05) is 13.1 Å². The van der Waals surface area contributed by atoms with Gasteiger partial charge in [0.2, 0.25) is 11.8 Å². The van der Waals surface area contributed by atoms with Gasteiger partial charge in [-0.1, -0.05) is 19.0 Å². The third-order valence-corrected chi connectivity index (χ3v) is 2.74. The monoisotopic (exact) mass is 238 g/mol. The Bertz CT molecular complexity index is 379. The van der Waals surface area contributed by atoms with Crippen LogP contribution in [-0.2, 0) is 11.2 Å². The van der Waals surface area contributed by atoms with Gasteiger partial charge in [-0.3, -0.25) is 10.1 Å². The molecule has 0 aromatic carbocycles. The van der Waals surface area contributed by atoms with Crippen molar-refractivity contribution in [2.45, 2.75) is 32.7 Å². The van der Waals surface area contributed by atoms with E-state index in [1.807, 2.05) is 0 Å². The number of hydrogen-bond donors (Lipinski definition) is 2. The molecule has 1 aliphatic heterocycles. The summed E-state index contributed by atoms with van der Waals surface area (Å²) in [7, 11) is 0. The van der Waals surface area contributed by atoms with Crippen molar-refractivity contribution in [1.29, 1.82) is 0 Å². The first-order valence-corrected chi connectivity index (χ1v) is 5.97. The maximum Gasteiger partial charge on any atom is 0.245 e. The van der Waals surface area contributed by atoms with Crippen LogP contribution >= 0.6 is 0 Å². The van der Waals surface area contributed by atoms with E-state index in [1.54, 1.807) is 0 Å². The number of hydrogen-bond acceptors (Lipinski definition) is 5. The zero-order valence-electron chi connectivity index (χ0n) is 10.2. The molecular weight excluding hydrogens is 220 g/mol. The van der Waals surface area contributed by atoms with E-state index in [9.17, 15) is 4.79 Å². The van der Waals surface area contributed by atoms with Crippen LogP contribution < -0.4 is 10.6 Å². The first-order valence-electron chi connectivity index (χ1n) is 5.97. The molecule has 1 unspecified atom stereocenters. The number of nitrogens with one attached hydrogen (secondary N) is 2. The second-order valence-electron chi connectivity index (χ2n) is 4.72. The van der Waals surface area contributed by atoms with Gasteiger partial charge in [-0.2, -0.15) is 4.98 Å². The number of carbonyl (C=O) groups is 1. The van der Waals surface area contributed by atoms with Gasteiger partial charge in [0.05, 0.1) is 6.54 Å². The molecule has 6 heteroatoms. The predicted octanol–water partition coefficient (Wildman–Crippen LogP) is 0.419. The lowest BCUT2D eigenvalue weighted by Crippen LogP contribution is -2.47. The molecule has 1 atom stereocenters. The molecule has 1 amide bonds. The number of aryl methyl sites for hydroxylation is 1. The maximum absolute atomic E-state index is 11.0. The lowest BCUT2D eigenvalue weighted by molar-refractivity contribution is -0.121. The van der Waals surface area contributed by atoms with Crippen LogP contribution in [0.1, 0.15) is 38.0 Å². The molecule has 0 spiro atoms. The second kappa shape index (κ2) is 5.27. The molecule has 0 bridgehead atoms. The Labute approximate surface area is 100 Å². The highest BCUT2D eigenvalue weighted by Gasteiger charge is 2.23. The minimum absolute atomic E-state index is 0.000738. The molecule has 1 aromatic rings. The van der Waals surface area contributed by atoms with Gasteiger partial charge >= 0.3 is 0 Å². The molecule has 1 saturated heterocycles. The maximum atomic E-state index is 11.0. The van der Waals surface area contributed by atoms with Gasteiger partial charge in [0.25, 0.3) is 0 Å². The standard InChI is InChI=1S/C11H18N4O2/c1-7(2)3-4-9-14-11(17-15-9)8-5-13-10(16)6-12-8/h7-8,12H,3-6H2,1-2H3,(H,13,16). The summed E-state index contributed by atoms with van der Waals surface area (Å²) in [6.45, 7) is 5.14. The van der Waals surface area contributed by atoms with Gasteiger partial charge in [0.15, 0.2) is 5.82 Å². The van der Waals surface area contributed by atoms with Crippen LogP contribution in [0.4, 0.5) is 0 Å². The average molecular weight is 238 g/mol. The third-order valence-electron chi connectivity index (χ3n) is 2.74. The number of nitrogens with zero attached hydrogens (tertiary/aromatic N) is 2. The second-order valence-corrected chi connectivity index (χ2v) is 4.72. The van der Waals surface area contributed by atoms with E-state index in [4.69, 9.17) is 4.52 Å². The van der Waals surface area contributed by atoms with E-state index in [0.717, 1.165) is 18.7 Å². The third kappa shape index (κ3) is 3.26. The fourth-order valence-corrected chi connectivity index (χ4v) is 1.67. The quantitative estimate of drug-likeness (QED) is 0.794. The van der Waals surface area contributed by atoms with E-state index < -0.39 is 0 Å². The first kappa shape index (κ1) is 12.0. The van der Waals surface area contributed by atoms with Crippen LogP contribution in [0.25, 0.3) is 0 Å². The predicted molar refractivity (Wildman–Crippen MR) is 61.2 cm³/mol. The molecule has 1 aromatic heterocycles. The minimum Gasteiger partial charge on any atom is -0.353 e. The Kier molecular flexibility index (Phi) is 3.73. The van der Waals surface area contributed by atoms with Crippen molar-refractivity contribution in [1.82, 2.24) is 20.8 Å². The summed E-state index contributed by atoms with van der Waals surface area (Å²) in [4.78, 5) is 15.3. The van der Waals surface area contributed by atoms with Gasteiger partial charge in [0, 0.05) is 13.0 Å². The number of rotatable bonds is 4. The molecule has 1 fully saturated rings. The van der Waals surface area contributed by atoms with Crippen LogP contribution in [0.5, 0.6) is 0 Å². The normalized spacial score (nSPS) is 20.6. The number of carbonyl (C=O) groups excluding carboxylic acids is 1. The highest BCUT2D eigenvalue weighted by atomic mass is 16.5. The largest absolute Gasteiger partial charge is 0.353 e. The molecule has 2 rings (SSSR count). The molecule has 94 valence electrons. The van der Waals surface area contributed by atoms with Crippen LogP contribution in [0.3, 0.4) is 0 Å². The molecule has 0 aliphatic carbocycles. The summed E-state index contributed by atoms with van der Waals surface area (Å²) in [6, 6.07) is -0.0620. The Morgan fingerprint density at radius 3 is 3.00 bits per heavy atom. The minimum atomic E-state index is -0.0620. The Morgan fingerprint density at radius 2 is 2.35 bits per heavy atom. The van der Waals surface area contributed by atoms with Gasteiger partial charge < -0.3 is 9.84 Å². The summed E-state index contributed by atoms with van der Waals surface area (Å²) in [6.07, 6.45) is 1.88. The van der Waals surface area contributed by atoms with E-state index in [-0.39, 0.29) is 11.9 Å². The Balaban J connectivity index is 1.91. The van der Waals surface area contributed by atoms with Crippen LogP contribution in [0, 0.1) is 5.92 Å². The van der Waals surface area contributed by atoms with Crippen LogP contribution in [-0.4, -0.2) is 29.1 Å². The SMILES string of the molecule is CC(C)CCc1noc(C2CNC(=O)CN2)n1. The Hall–Kier alpha value is -1.43. The van der Waals surface area contributed by atoms with Gasteiger partial charge in [-0.05, 0) is 12.3 Å². The van der Waals surface area contributed by atoms with E-state index in [2.05, 4.69) is 34.6 Å². The fraction of sp³-hybridized carbons (Fsp3) is 0.727. The van der Waals surface area contributed by atoms with E-state index >= 15 is 0 Å². The lowest BCUT2D eigenvalue weighted by Gasteiger charge is -2.20. The number of amides is 1. The number of aromatic nitrogens is 2. The molecule has 0 saturated carbocycles. The first-order chi connectivity index (χ1) is 8.15. The molecular formula is C11H18N4O2. The van der Waals surface area contributed by atoms with Crippen LogP contribution in [0.15, 0.2) is 4.52 Å². The van der Waals surface area contributed by atoms with Gasteiger partial charge in [0.1, 0.15) is 6.04 Å². The summed E-state index contributed by atoms with van der Waals surface area (Å²) in [5.41, 5.74) is 0. The highest BCUT2D eigenvalue weighted by molar-refractivity contribution is 5.78. The van der Waals surface area contributed by atoms with E-state index in [1.165, 1.54) is 0 Å². The van der Waals surface area contributed by atoms with Crippen LogP contribution in [0.2, 0.25) is 0 Å².